The summed E-state index contributed by atoms with van der Waals surface area (Å²) in [7, 11) is 1.96. The fourth-order valence-electron chi connectivity index (χ4n) is 1.17. The molecular formula is C10H18N4. The molecule has 0 aromatic carbocycles. The van der Waals surface area contributed by atoms with Crippen molar-refractivity contribution in [3.05, 3.63) is 18.0 Å². The number of hydrogen-bond acceptors (Lipinski definition) is 4. The molecule has 0 saturated carbocycles. The van der Waals surface area contributed by atoms with E-state index in [0.29, 0.717) is 11.9 Å². The monoisotopic (exact) mass is 194 g/mol. The van der Waals surface area contributed by atoms with E-state index in [0.717, 1.165) is 18.7 Å². The fraction of sp³-hybridized carbons (Fsp3) is 0.600. The fourth-order valence-corrected chi connectivity index (χ4v) is 1.17. The maximum absolute atomic E-state index is 4.17. The van der Waals surface area contributed by atoms with E-state index in [1.54, 1.807) is 0 Å². The molecule has 0 radical (unpaired) electrons. The maximum atomic E-state index is 4.17. The van der Waals surface area contributed by atoms with Gasteiger partial charge in [0.05, 0.1) is 0 Å². The molecule has 1 unspecified atom stereocenters. The van der Waals surface area contributed by atoms with Crippen LogP contribution in [-0.4, -0.2) is 30.1 Å². The molecule has 78 valence electrons. The molecule has 0 aliphatic heterocycles. The summed E-state index contributed by atoms with van der Waals surface area (Å²) in [5.41, 5.74) is 1.08. The molecule has 4 heteroatoms. The summed E-state index contributed by atoms with van der Waals surface area (Å²) < 4.78 is 0. The lowest BCUT2D eigenvalue weighted by Gasteiger charge is -2.11. The molecule has 1 aromatic rings. The van der Waals surface area contributed by atoms with Crippen molar-refractivity contribution in [1.29, 1.82) is 0 Å². The van der Waals surface area contributed by atoms with Crippen molar-refractivity contribution in [3.8, 4) is 0 Å². The van der Waals surface area contributed by atoms with Gasteiger partial charge in [0, 0.05) is 18.9 Å². The van der Waals surface area contributed by atoms with Crippen LogP contribution in [0.25, 0.3) is 0 Å². The highest BCUT2D eigenvalue weighted by atomic mass is 15.1. The number of aromatic nitrogens is 2. The minimum absolute atomic E-state index is 0.574. The first kappa shape index (κ1) is 10.9. The van der Waals surface area contributed by atoms with Gasteiger partial charge in [-0.3, -0.25) is 0 Å². The molecule has 1 rings (SSSR count). The minimum atomic E-state index is 0.574. The third kappa shape index (κ3) is 3.70. The SMILES string of the molecule is CNCC(C)CNc1ncc(C)cn1. The Morgan fingerprint density at radius 3 is 2.50 bits per heavy atom. The molecule has 1 aromatic heterocycles. The van der Waals surface area contributed by atoms with Gasteiger partial charge in [-0.15, -0.1) is 0 Å². The van der Waals surface area contributed by atoms with Crippen LogP contribution in [0.3, 0.4) is 0 Å². The van der Waals surface area contributed by atoms with Crippen LogP contribution in [0.1, 0.15) is 12.5 Å². The zero-order valence-corrected chi connectivity index (χ0v) is 9.04. The van der Waals surface area contributed by atoms with Gasteiger partial charge in [-0.25, -0.2) is 9.97 Å². The smallest absolute Gasteiger partial charge is 0.222 e. The van der Waals surface area contributed by atoms with E-state index >= 15 is 0 Å². The largest absolute Gasteiger partial charge is 0.354 e. The first-order valence-electron chi connectivity index (χ1n) is 4.89. The number of nitrogens with one attached hydrogen (secondary N) is 2. The van der Waals surface area contributed by atoms with Gasteiger partial charge in [-0.1, -0.05) is 6.92 Å². The molecule has 1 atom stereocenters. The van der Waals surface area contributed by atoms with Gasteiger partial charge in [-0.2, -0.15) is 0 Å². The van der Waals surface area contributed by atoms with Gasteiger partial charge in [-0.05, 0) is 32.0 Å². The Balaban J connectivity index is 2.34. The van der Waals surface area contributed by atoms with Crippen molar-refractivity contribution < 1.29 is 0 Å². The van der Waals surface area contributed by atoms with E-state index in [9.17, 15) is 0 Å². The minimum Gasteiger partial charge on any atom is -0.354 e. The van der Waals surface area contributed by atoms with Crippen LogP contribution >= 0.6 is 0 Å². The zero-order chi connectivity index (χ0) is 10.4. The lowest BCUT2D eigenvalue weighted by atomic mass is 10.2. The predicted octanol–water partition coefficient (Wildman–Crippen LogP) is 1.05. The number of anilines is 1. The van der Waals surface area contributed by atoms with Gasteiger partial charge in [0.25, 0.3) is 0 Å². The van der Waals surface area contributed by atoms with E-state index in [4.69, 9.17) is 0 Å². The number of hydrogen-bond donors (Lipinski definition) is 2. The molecule has 0 saturated heterocycles. The molecule has 0 aliphatic rings. The summed E-state index contributed by atoms with van der Waals surface area (Å²) in [5.74, 6) is 1.28. The van der Waals surface area contributed by atoms with Crippen molar-refractivity contribution in [2.45, 2.75) is 13.8 Å². The lowest BCUT2D eigenvalue weighted by Crippen LogP contribution is -2.23. The third-order valence-electron chi connectivity index (χ3n) is 1.94. The van der Waals surface area contributed by atoms with Crippen molar-refractivity contribution in [3.63, 3.8) is 0 Å². The van der Waals surface area contributed by atoms with Crippen LogP contribution in [0.5, 0.6) is 0 Å². The van der Waals surface area contributed by atoms with Crippen LogP contribution in [-0.2, 0) is 0 Å². The second kappa shape index (κ2) is 5.54. The Kier molecular flexibility index (Phi) is 4.32. The van der Waals surface area contributed by atoms with Crippen LogP contribution in [0.2, 0.25) is 0 Å². The van der Waals surface area contributed by atoms with Gasteiger partial charge < -0.3 is 10.6 Å². The molecule has 0 aliphatic carbocycles. The molecule has 2 N–H and O–H groups in total. The average Bonchev–Trinajstić information content (AvgIpc) is 2.17. The van der Waals surface area contributed by atoms with Crippen molar-refractivity contribution in [2.24, 2.45) is 5.92 Å². The topological polar surface area (TPSA) is 49.8 Å². The highest BCUT2D eigenvalue weighted by molar-refractivity contribution is 5.24. The predicted molar refractivity (Wildman–Crippen MR) is 58.3 cm³/mol. The summed E-state index contributed by atoms with van der Waals surface area (Å²) in [6.45, 7) is 6.05. The normalized spacial score (nSPS) is 12.5. The third-order valence-corrected chi connectivity index (χ3v) is 1.94. The van der Waals surface area contributed by atoms with Crippen LogP contribution in [0.4, 0.5) is 5.95 Å². The van der Waals surface area contributed by atoms with Crippen LogP contribution in [0, 0.1) is 12.8 Å². The van der Waals surface area contributed by atoms with E-state index in [-0.39, 0.29) is 0 Å². The molecule has 1 heterocycles. The molecule has 14 heavy (non-hydrogen) atoms. The Bertz CT molecular complexity index is 257. The van der Waals surface area contributed by atoms with Crippen molar-refractivity contribution >= 4 is 5.95 Å². The maximum Gasteiger partial charge on any atom is 0.222 e. The Labute approximate surface area is 85.2 Å². The molecule has 4 nitrogen and oxygen atoms in total. The van der Waals surface area contributed by atoms with E-state index < -0.39 is 0 Å². The number of nitrogens with zero attached hydrogens (tertiary/aromatic N) is 2. The van der Waals surface area contributed by atoms with Crippen molar-refractivity contribution in [1.82, 2.24) is 15.3 Å². The Hall–Kier alpha value is -1.16. The van der Waals surface area contributed by atoms with Crippen molar-refractivity contribution in [2.75, 3.05) is 25.5 Å². The van der Waals surface area contributed by atoms with E-state index in [2.05, 4.69) is 27.5 Å². The summed E-state index contributed by atoms with van der Waals surface area (Å²) in [4.78, 5) is 8.34. The molecule has 0 bridgehead atoms. The summed E-state index contributed by atoms with van der Waals surface area (Å²) in [5, 5.41) is 6.33. The van der Waals surface area contributed by atoms with Gasteiger partial charge in [0.1, 0.15) is 0 Å². The number of aryl methyl sites for hydroxylation is 1. The Morgan fingerprint density at radius 1 is 1.29 bits per heavy atom. The second-order valence-corrected chi connectivity index (χ2v) is 3.63. The molecule has 0 amide bonds. The standard InChI is InChI=1S/C10H18N4/c1-8(4-11-3)5-12-10-13-6-9(2)7-14-10/h6-8,11H,4-5H2,1-3H3,(H,12,13,14). The quantitative estimate of drug-likeness (QED) is 0.735. The summed E-state index contributed by atoms with van der Waals surface area (Å²) >= 11 is 0. The Morgan fingerprint density at radius 2 is 1.93 bits per heavy atom. The highest BCUT2D eigenvalue weighted by Gasteiger charge is 2.00. The first-order chi connectivity index (χ1) is 6.72. The van der Waals surface area contributed by atoms with Gasteiger partial charge >= 0.3 is 0 Å². The second-order valence-electron chi connectivity index (χ2n) is 3.63. The molecule has 0 spiro atoms. The first-order valence-corrected chi connectivity index (χ1v) is 4.89. The number of rotatable bonds is 5. The molecule has 0 fully saturated rings. The van der Waals surface area contributed by atoms with E-state index in [1.807, 2.05) is 26.4 Å². The van der Waals surface area contributed by atoms with Gasteiger partial charge in [0.15, 0.2) is 0 Å². The zero-order valence-electron chi connectivity index (χ0n) is 9.04. The van der Waals surface area contributed by atoms with Crippen LogP contribution in [0.15, 0.2) is 12.4 Å². The average molecular weight is 194 g/mol. The highest BCUT2D eigenvalue weighted by Crippen LogP contribution is 2.00. The summed E-state index contributed by atoms with van der Waals surface area (Å²) in [6, 6.07) is 0. The van der Waals surface area contributed by atoms with Gasteiger partial charge in [0.2, 0.25) is 5.95 Å². The lowest BCUT2D eigenvalue weighted by molar-refractivity contribution is 0.568. The van der Waals surface area contributed by atoms with Crippen LogP contribution < -0.4 is 10.6 Å². The van der Waals surface area contributed by atoms with E-state index in [1.165, 1.54) is 0 Å². The molecular weight excluding hydrogens is 176 g/mol. The summed E-state index contributed by atoms with van der Waals surface area (Å²) in [6.07, 6.45) is 3.64.